The van der Waals surface area contributed by atoms with Crippen LogP contribution in [0.4, 0.5) is 5.69 Å². The largest absolute Gasteiger partial charge is 0.398 e. The van der Waals surface area contributed by atoms with Crippen molar-refractivity contribution in [2.24, 2.45) is 5.73 Å². The summed E-state index contributed by atoms with van der Waals surface area (Å²) in [7, 11) is -3.30. The molecule has 4 N–H and O–H groups in total. The third-order valence-electron chi connectivity index (χ3n) is 2.71. The zero-order valence-corrected chi connectivity index (χ0v) is 11.5. The summed E-state index contributed by atoms with van der Waals surface area (Å²) in [4.78, 5) is 11.0. The number of rotatable bonds is 3. The molecule has 0 fully saturated rings. The Morgan fingerprint density at radius 1 is 1.28 bits per heavy atom. The van der Waals surface area contributed by atoms with Gasteiger partial charge in [-0.2, -0.15) is 0 Å². The molecule has 0 radical (unpaired) electrons. The number of hydrogen-bond acceptors (Lipinski definition) is 4. The summed E-state index contributed by atoms with van der Waals surface area (Å²) in [6, 6.07) is 4.40. The summed E-state index contributed by atoms with van der Waals surface area (Å²) in [5, 5.41) is 0. The Kier molecular flexibility index (Phi) is 3.71. The van der Waals surface area contributed by atoms with E-state index in [4.69, 9.17) is 11.5 Å². The van der Waals surface area contributed by atoms with Gasteiger partial charge in [-0.1, -0.05) is 6.07 Å². The Morgan fingerprint density at radius 2 is 1.83 bits per heavy atom. The minimum atomic E-state index is -3.30. The van der Waals surface area contributed by atoms with Crippen molar-refractivity contribution in [1.82, 2.24) is 0 Å². The highest BCUT2D eigenvalue weighted by Gasteiger charge is 2.29. The molecule has 1 rings (SSSR count). The van der Waals surface area contributed by atoms with Gasteiger partial charge in [-0.3, -0.25) is 4.79 Å². The fraction of sp³-hybridized carbons (Fsp3) is 0.417. The second-order valence-corrected chi connectivity index (χ2v) is 7.89. The van der Waals surface area contributed by atoms with Crippen LogP contribution in [0.2, 0.25) is 0 Å². The van der Waals surface area contributed by atoms with Crippen LogP contribution in [-0.2, 0) is 15.6 Å². The van der Waals surface area contributed by atoms with Crippen molar-refractivity contribution in [3.05, 3.63) is 29.3 Å². The lowest BCUT2D eigenvalue weighted by atomic mass is 10.1. The van der Waals surface area contributed by atoms with Gasteiger partial charge in [0.25, 0.3) is 0 Å². The van der Waals surface area contributed by atoms with E-state index in [1.807, 2.05) is 0 Å². The summed E-state index contributed by atoms with van der Waals surface area (Å²) in [5.41, 5.74) is 11.9. The van der Waals surface area contributed by atoms with Crippen molar-refractivity contribution in [1.29, 1.82) is 0 Å². The van der Waals surface area contributed by atoms with Gasteiger partial charge in [0, 0.05) is 11.3 Å². The number of anilines is 1. The first kappa shape index (κ1) is 14.5. The van der Waals surface area contributed by atoms with Crippen molar-refractivity contribution in [2.75, 3.05) is 5.73 Å². The SMILES string of the molecule is CC(C)(C)S(=O)(=O)Cc1ccc(C(N)=O)cc1N. The average Bonchev–Trinajstić information content (AvgIpc) is 2.18. The number of carbonyl (C=O) groups excluding carboxylic acids is 1. The third-order valence-corrected chi connectivity index (χ3v) is 5.27. The number of benzene rings is 1. The summed E-state index contributed by atoms with van der Waals surface area (Å²) < 4.78 is 23.2. The molecule has 0 aromatic heterocycles. The fourth-order valence-corrected chi connectivity index (χ4v) is 2.41. The minimum absolute atomic E-state index is 0.151. The van der Waals surface area contributed by atoms with Gasteiger partial charge in [0.05, 0.1) is 10.5 Å². The van der Waals surface area contributed by atoms with Crippen LogP contribution in [0.15, 0.2) is 18.2 Å². The maximum atomic E-state index is 12.0. The highest BCUT2D eigenvalue weighted by Crippen LogP contribution is 2.24. The minimum Gasteiger partial charge on any atom is -0.398 e. The van der Waals surface area contributed by atoms with E-state index in [0.29, 0.717) is 5.56 Å². The molecular formula is C12H18N2O3S. The van der Waals surface area contributed by atoms with E-state index < -0.39 is 20.5 Å². The number of amides is 1. The zero-order valence-electron chi connectivity index (χ0n) is 10.7. The van der Waals surface area contributed by atoms with E-state index in [0.717, 1.165) is 0 Å². The van der Waals surface area contributed by atoms with E-state index in [2.05, 4.69) is 0 Å². The Labute approximate surface area is 107 Å². The molecule has 0 aliphatic carbocycles. The summed E-state index contributed by atoms with van der Waals surface area (Å²) in [5.74, 6) is -0.742. The lowest BCUT2D eigenvalue weighted by Crippen LogP contribution is -2.29. The van der Waals surface area contributed by atoms with Crippen LogP contribution in [0.5, 0.6) is 0 Å². The highest BCUT2D eigenvalue weighted by molar-refractivity contribution is 7.91. The number of nitrogen functional groups attached to an aromatic ring is 1. The van der Waals surface area contributed by atoms with E-state index in [1.54, 1.807) is 20.8 Å². The Hall–Kier alpha value is -1.56. The lowest BCUT2D eigenvalue weighted by molar-refractivity contribution is 0.100. The van der Waals surface area contributed by atoms with Crippen molar-refractivity contribution in [3.8, 4) is 0 Å². The number of carbonyl (C=O) groups is 1. The van der Waals surface area contributed by atoms with Crippen LogP contribution in [-0.4, -0.2) is 19.1 Å². The average molecular weight is 270 g/mol. The molecule has 0 spiro atoms. The molecule has 0 saturated heterocycles. The van der Waals surface area contributed by atoms with E-state index in [9.17, 15) is 13.2 Å². The summed E-state index contributed by atoms with van der Waals surface area (Å²) in [6.07, 6.45) is 0. The first-order valence-electron chi connectivity index (χ1n) is 5.45. The monoisotopic (exact) mass is 270 g/mol. The predicted molar refractivity (Wildman–Crippen MR) is 71.7 cm³/mol. The number of sulfone groups is 1. The van der Waals surface area contributed by atoms with Crippen molar-refractivity contribution < 1.29 is 13.2 Å². The standard InChI is InChI=1S/C12H18N2O3S/c1-12(2,3)18(16,17)7-9-5-4-8(11(14)15)6-10(9)13/h4-6H,7,13H2,1-3H3,(H2,14,15). The summed E-state index contributed by atoms with van der Waals surface area (Å²) in [6.45, 7) is 4.91. The van der Waals surface area contributed by atoms with E-state index in [1.165, 1.54) is 18.2 Å². The molecule has 0 saturated carbocycles. The molecule has 18 heavy (non-hydrogen) atoms. The van der Waals surface area contributed by atoms with Crippen LogP contribution in [0.25, 0.3) is 0 Å². The molecule has 1 amide bonds. The molecule has 5 nitrogen and oxygen atoms in total. The maximum Gasteiger partial charge on any atom is 0.248 e. The Balaban J connectivity index is 3.11. The molecule has 100 valence electrons. The van der Waals surface area contributed by atoms with E-state index >= 15 is 0 Å². The maximum absolute atomic E-state index is 12.0. The van der Waals surface area contributed by atoms with Gasteiger partial charge < -0.3 is 11.5 Å². The summed E-state index contributed by atoms with van der Waals surface area (Å²) >= 11 is 0. The molecule has 0 aliphatic rings. The van der Waals surface area contributed by atoms with Crippen molar-refractivity contribution in [3.63, 3.8) is 0 Å². The van der Waals surface area contributed by atoms with Crippen LogP contribution in [0.3, 0.4) is 0 Å². The van der Waals surface area contributed by atoms with Crippen molar-refractivity contribution >= 4 is 21.4 Å². The highest BCUT2D eigenvalue weighted by atomic mass is 32.2. The molecule has 0 heterocycles. The second kappa shape index (κ2) is 4.61. The Bertz CT molecular complexity index is 571. The first-order chi connectivity index (χ1) is 8.04. The van der Waals surface area contributed by atoms with Crippen LogP contribution in [0.1, 0.15) is 36.7 Å². The topological polar surface area (TPSA) is 103 Å². The van der Waals surface area contributed by atoms with Crippen LogP contribution < -0.4 is 11.5 Å². The quantitative estimate of drug-likeness (QED) is 0.802. The van der Waals surface area contributed by atoms with Gasteiger partial charge in [0.15, 0.2) is 9.84 Å². The van der Waals surface area contributed by atoms with Crippen LogP contribution >= 0.6 is 0 Å². The third kappa shape index (κ3) is 3.01. The van der Waals surface area contributed by atoms with E-state index in [-0.39, 0.29) is 17.0 Å². The van der Waals surface area contributed by atoms with Gasteiger partial charge in [-0.25, -0.2) is 8.42 Å². The molecule has 1 aromatic carbocycles. The normalized spacial score (nSPS) is 12.4. The first-order valence-corrected chi connectivity index (χ1v) is 7.10. The van der Waals surface area contributed by atoms with Crippen molar-refractivity contribution in [2.45, 2.75) is 31.3 Å². The van der Waals surface area contributed by atoms with Crippen LogP contribution in [0, 0.1) is 0 Å². The molecule has 0 atom stereocenters. The second-order valence-electron chi connectivity index (χ2n) is 5.15. The van der Waals surface area contributed by atoms with Gasteiger partial charge in [-0.15, -0.1) is 0 Å². The molecule has 1 aromatic rings. The molecular weight excluding hydrogens is 252 g/mol. The Morgan fingerprint density at radius 3 is 2.22 bits per heavy atom. The number of hydrogen-bond donors (Lipinski definition) is 2. The number of nitrogens with two attached hydrogens (primary N) is 2. The molecule has 0 bridgehead atoms. The smallest absolute Gasteiger partial charge is 0.248 e. The predicted octanol–water partition coefficient (Wildman–Crippen LogP) is 1.08. The fourth-order valence-electron chi connectivity index (χ4n) is 1.30. The molecule has 0 unspecified atom stereocenters. The zero-order chi connectivity index (χ0) is 14.1. The van der Waals surface area contributed by atoms with Gasteiger partial charge >= 0.3 is 0 Å². The lowest BCUT2D eigenvalue weighted by Gasteiger charge is -2.19. The number of primary amides is 1. The van der Waals surface area contributed by atoms with Gasteiger partial charge in [0.1, 0.15) is 0 Å². The molecule has 0 aliphatic heterocycles. The van der Waals surface area contributed by atoms with Gasteiger partial charge in [0.2, 0.25) is 5.91 Å². The van der Waals surface area contributed by atoms with Gasteiger partial charge in [-0.05, 0) is 38.5 Å². The molecule has 6 heteroatoms.